The normalized spacial score (nSPS) is 10.6. The fourth-order valence-corrected chi connectivity index (χ4v) is 1.86. The van der Waals surface area contributed by atoms with E-state index >= 15 is 0 Å². The zero-order valence-electron chi connectivity index (χ0n) is 10.2. The first-order valence-corrected chi connectivity index (χ1v) is 6.76. The molecule has 0 amide bonds. The van der Waals surface area contributed by atoms with Gasteiger partial charge >= 0.3 is 0 Å². The highest BCUT2D eigenvalue weighted by atomic mass is 79.9. The molecule has 0 radical (unpaired) electrons. The molecule has 0 saturated carbocycles. The van der Waals surface area contributed by atoms with Crippen LogP contribution in [0.1, 0.15) is 11.5 Å². The van der Waals surface area contributed by atoms with E-state index in [1.54, 1.807) is 6.21 Å². The van der Waals surface area contributed by atoms with Gasteiger partial charge in [-0.15, -0.1) is 0 Å². The number of halogens is 1. The number of nitrogens with zero attached hydrogens (tertiary/aromatic N) is 1. The molecule has 0 spiro atoms. The average Bonchev–Trinajstić information content (AvgIpc) is 2.70. The topological polar surface area (TPSA) is 49.6 Å². The SMILES string of the molecule is Cc1oc(/C=N\NC(=S)Nc2ccccc2)cc1Br. The molecule has 19 heavy (non-hydrogen) atoms. The van der Waals surface area contributed by atoms with Crippen LogP contribution in [-0.4, -0.2) is 11.3 Å². The second-order valence-electron chi connectivity index (χ2n) is 3.74. The Morgan fingerprint density at radius 1 is 1.37 bits per heavy atom. The van der Waals surface area contributed by atoms with Crippen molar-refractivity contribution in [1.82, 2.24) is 5.43 Å². The molecule has 1 aromatic heterocycles. The fourth-order valence-electron chi connectivity index (χ4n) is 1.38. The Morgan fingerprint density at radius 2 is 2.11 bits per heavy atom. The summed E-state index contributed by atoms with van der Waals surface area (Å²) in [5.74, 6) is 1.46. The van der Waals surface area contributed by atoms with Crippen LogP contribution < -0.4 is 10.7 Å². The maximum atomic E-state index is 5.41. The lowest BCUT2D eigenvalue weighted by atomic mass is 10.3. The summed E-state index contributed by atoms with van der Waals surface area (Å²) in [6.07, 6.45) is 1.57. The number of nitrogens with one attached hydrogen (secondary N) is 2. The summed E-state index contributed by atoms with van der Waals surface area (Å²) in [5, 5.41) is 7.43. The zero-order valence-corrected chi connectivity index (χ0v) is 12.6. The Hall–Kier alpha value is -1.66. The Kier molecular flexibility index (Phi) is 4.70. The summed E-state index contributed by atoms with van der Waals surface area (Å²) in [6.45, 7) is 1.87. The van der Waals surface area contributed by atoms with Crippen LogP contribution in [0.15, 0.2) is 50.4 Å². The Balaban J connectivity index is 1.87. The van der Waals surface area contributed by atoms with Crippen molar-refractivity contribution in [3.63, 3.8) is 0 Å². The number of hydrazone groups is 1. The molecule has 2 N–H and O–H groups in total. The van der Waals surface area contributed by atoms with Gasteiger partial charge in [0, 0.05) is 11.8 Å². The molecule has 0 aliphatic rings. The lowest BCUT2D eigenvalue weighted by molar-refractivity contribution is 0.526. The van der Waals surface area contributed by atoms with Gasteiger partial charge in [0.1, 0.15) is 11.5 Å². The number of benzene rings is 1. The van der Waals surface area contributed by atoms with Gasteiger partial charge in [-0.3, -0.25) is 5.43 Å². The molecular weight excluding hydrogens is 326 g/mol. The maximum Gasteiger partial charge on any atom is 0.191 e. The van der Waals surface area contributed by atoms with E-state index in [9.17, 15) is 0 Å². The molecule has 98 valence electrons. The predicted octanol–water partition coefficient (Wildman–Crippen LogP) is 3.67. The largest absolute Gasteiger partial charge is 0.459 e. The minimum Gasteiger partial charge on any atom is -0.459 e. The van der Waals surface area contributed by atoms with Crippen molar-refractivity contribution in [3.8, 4) is 0 Å². The van der Waals surface area contributed by atoms with Crippen molar-refractivity contribution in [1.29, 1.82) is 0 Å². The molecule has 6 heteroatoms. The molecule has 0 aliphatic carbocycles. The van der Waals surface area contributed by atoms with Gasteiger partial charge in [0.2, 0.25) is 0 Å². The van der Waals surface area contributed by atoms with Crippen LogP contribution in [0, 0.1) is 6.92 Å². The van der Waals surface area contributed by atoms with E-state index < -0.39 is 0 Å². The summed E-state index contributed by atoms with van der Waals surface area (Å²) in [5.41, 5.74) is 3.63. The molecule has 0 unspecified atom stereocenters. The van der Waals surface area contributed by atoms with Crippen LogP contribution >= 0.6 is 28.1 Å². The minimum atomic E-state index is 0.421. The highest BCUT2D eigenvalue weighted by Crippen LogP contribution is 2.18. The molecular formula is C13H12BrN3OS. The highest BCUT2D eigenvalue weighted by molar-refractivity contribution is 9.10. The molecule has 2 aromatic rings. The van der Waals surface area contributed by atoms with Crippen LogP contribution in [0.3, 0.4) is 0 Å². The van der Waals surface area contributed by atoms with E-state index in [1.165, 1.54) is 0 Å². The monoisotopic (exact) mass is 337 g/mol. The fraction of sp³-hybridized carbons (Fsp3) is 0.0769. The first-order valence-electron chi connectivity index (χ1n) is 5.56. The number of furan rings is 1. The van der Waals surface area contributed by atoms with Gasteiger partial charge < -0.3 is 9.73 Å². The summed E-state index contributed by atoms with van der Waals surface area (Å²) in [4.78, 5) is 0. The standard InChI is InChI=1S/C13H12BrN3OS/c1-9-12(14)7-11(18-9)8-15-17-13(19)16-10-5-3-2-4-6-10/h2-8H,1H3,(H2,16,17,19)/b15-8-. The van der Waals surface area contributed by atoms with E-state index in [-0.39, 0.29) is 0 Å². The van der Waals surface area contributed by atoms with Crippen molar-refractivity contribution in [3.05, 3.63) is 52.4 Å². The molecule has 0 fully saturated rings. The Morgan fingerprint density at radius 3 is 2.74 bits per heavy atom. The van der Waals surface area contributed by atoms with Crippen molar-refractivity contribution in [2.24, 2.45) is 5.10 Å². The Labute approximate surface area is 125 Å². The van der Waals surface area contributed by atoms with Crippen LogP contribution in [-0.2, 0) is 0 Å². The second-order valence-corrected chi connectivity index (χ2v) is 5.01. The number of thiocarbonyl (C=S) groups is 1. The van der Waals surface area contributed by atoms with E-state index in [0.717, 1.165) is 15.9 Å². The van der Waals surface area contributed by atoms with Crippen molar-refractivity contribution < 1.29 is 4.42 Å². The first kappa shape index (κ1) is 13.8. The van der Waals surface area contributed by atoms with Crippen molar-refractivity contribution >= 4 is 45.2 Å². The average molecular weight is 338 g/mol. The molecule has 0 bridgehead atoms. The molecule has 0 aliphatic heterocycles. The van der Waals surface area contributed by atoms with Gasteiger partial charge in [-0.2, -0.15) is 5.10 Å². The highest BCUT2D eigenvalue weighted by Gasteiger charge is 2.01. The van der Waals surface area contributed by atoms with E-state index in [4.69, 9.17) is 16.6 Å². The van der Waals surface area contributed by atoms with E-state index in [0.29, 0.717) is 10.9 Å². The Bertz CT molecular complexity index is 576. The summed E-state index contributed by atoms with van der Waals surface area (Å²) in [6, 6.07) is 11.5. The van der Waals surface area contributed by atoms with Crippen molar-refractivity contribution in [2.75, 3.05) is 5.32 Å². The van der Waals surface area contributed by atoms with Crippen LogP contribution in [0.25, 0.3) is 0 Å². The smallest absolute Gasteiger partial charge is 0.191 e. The van der Waals surface area contributed by atoms with Gasteiger partial charge in [-0.1, -0.05) is 18.2 Å². The molecule has 1 aromatic carbocycles. The van der Waals surface area contributed by atoms with Gasteiger partial charge in [0.15, 0.2) is 5.11 Å². The lowest BCUT2D eigenvalue weighted by Crippen LogP contribution is -2.23. The van der Waals surface area contributed by atoms with Crippen LogP contribution in [0.4, 0.5) is 5.69 Å². The first-order chi connectivity index (χ1) is 9.15. The predicted molar refractivity (Wildman–Crippen MR) is 84.5 cm³/mol. The van der Waals surface area contributed by atoms with E-state index in [1.807, 2.05) is 43.3 Å². The third kappa shape index (κ3) is 4.18. The quantitative estimate of drug-likeness (QED) is 0.509. The van der Waals surface area contributed by atoms with Gasteiger partial charge in [-0.25, -0.2) is 0 Å². The summed E-state index contributed by atoms with van der Waals surface area (Å²) < 4.78 is 6.33. The van der Waals surface area contributed by atoms with Crippen LogP contribution in [0.5, 0.6) is 0 Å². The number of aryl methyl sites for hydroxylation is 1. The third-order valence-corrected chi connectivity index (χ3v) is 3.25. The molecule has 0 atom stereocenters. The van der Waals surface area contributed by atoms with Gasteiger partial charge in [0.25, 0.3) is 0 Å². The maximum absolute atomic E-state index is 5.41. The minimum absolute atomic E-state index is 0.421. The summed E-state index contributed by atoms with van der Waals surface area (Å²) in [7, 11) is 0. The molecule has 0 saturated heterocycles. The van der Waals surface area contributed by atoms with Gasteiger partial charge in [-0.05, 0) is 47.2 Å². The number of rotatable bonds is 3. The van der Waals surface area contributed by atoms with E-state index in [2.05, 4.69) is 31.8 Å². The van der Waals surface area contributed by atoms with Crippen LogP contribution in [0.2, 0.25) is 0 Å². The van der Waals surface area contributed by atoms with Gasteiger partial charge in [0.05, 0.1) is 10.7 Å². The number of anilines is 1. The zero-order chi connectivity index (χ0) is 13.7. The summed E-state index contributed by atoms with van der Waals surface area (Å²) >= 11 is 8.47. The lowest BCUT2D eigenvalue weighted by Gasteiger charge is -2.05. The molecule has 2 rings (SSSR count). The number of hydrogen-bond acceptors (Lipinski definition) is 3. The third-order valence-electron chi connectivity index (χ3n) is 2.27. The second kappa shape index (κ2) is 6.49. The van der Waals surface area contributed by atoms with Crippen molar-refractivity contribution in [2.45, 2.75) is 6.92 Å². The molecule has 1 heterocycles. The number of hydrogen-bond donors (Lipinski definition) is 2. The number of para-hydroxylation sites is 1. The molecule has 4 nitrogen and oxygen atoms in total.